The molecule has 0 aliphatic heterocycles. The largest absolute Gasteiger partial charge is 0.370 e. The van der Waals surface area contributed by atoms with Crippen molar-refractivity contribution in [3.8, 4) is 0 Å². The Kier molecular flexibility index (Phi) is 5.94. The minimum absolute atomic E-state index is 0.0512. The second kappa shape index (κ2) is 7.01. The number of nitrogens with one attached hydrogen (secondary N) is 1. The maximum Gasteiger partial charge on any atom is 0.228 e. The molecular formula is C14H27N3O2. The van der Waals surface area contributed by atoms with Gasteiger partial charge < -0.3 is 14.6 Å². The van der Waals surface area contributed by atoms with Gasteiger partial charge in [-0.25, -0.2) is 0 Å². The molecule has 0 fully saturated rings. The van der Waals surface area contributed by atoms with E-state index in [1.165, 1.54) is 0 Å². The molecule has 1 aromatic rings. The van der Waals surface area contributed by atoms with Gasteiger partial charge in [0.1, 0.15) is 6.10 Å². The summed E-state index contributed by atoms with van der Waals surface area (Å²) < 4.78 is 11.1. The van der Waals surface area contributed by atoms with Gasteiger partial charge in [0.2, 0.25) is 11.7 Å². The zero-order valence-corrected chi connectivity index (χ0v) is 13.0. The summed E-state index contributed by atoms with van der Waals surface area (Å²) in [6.45, 7) is 14.1. The summed E-state index contributed by atoms with van der Waals surface area (Å²) in [5.74, 6) is 1.31. The molecule has 0 saturated carbocycles. The molecule has 0 aliphatic rings. The first kappa shape index (κ1) is 16.1. The van der Waals surface area contributed by atoms with E-state index in [-0.39, 0.29) is 11.5 Å². The highest BCUT2D eigenvalue weighted by Gasteiger charge is 2.31. The summed E-state index contributed by atoms with van der Waals surface area (Å²) in [6, 6.07) is 0.332. The molecule has 1 N–H and O–H groups in total. The molecule has 0 aliphatic carbocycles. The molecule has 0 spiro atoms. The number of nitrogens with zero attached hydrogens (tertiary/aromatic N) is 2. The fourth-order valence-corrected chi connectivity index (χ4v) is 2.02. The smallest absolute Gasteiger partial charge is 0.228 e. The van der Waals surface area contributed by atoms with E-state index in [1.54, 1.807) is 0 Å². The van der Waals surface area contributed by atoms with Gasteiger partial charge in [0.25, 0.3) is 0 Å². The first-order valence-electron chi connectivity index (χ1n) is 7.05. The molecule has 0 saturated heterocycles. The van der Waals surface area contributed by atoms with Crippen molar-refractivity contribution in [2.45, 2.75) is 60.1 Å². The first-order chi connectivity index (χ1) is 8.88. The van der Waals surface area contributed by atoms with Crippen molar-refractivity contribution in [2.75, 3.05) is 13.2 Å². The molecule has 5 nitrogen and oxygen atoms in total. The molecule has 0 radical (unpaired) electrons. The zero-order valence-electron chi connectivity index (χ0n) is 13.0. The number of ether oxygens (including phenoxy) is 1. The van der Waals surface area contributed by atoms with Gasteiger partial charge >= 0.3 is 0 Å². The monoisotopic (exact) mass is 269 g/mol. The second-order valence-corrected chi connectivity index (χ2v) is 5.91. The van der Waals surface area contributed by atoms with Gasteiger partial charge in [-0.3, -0.25) is 0 Å². The van der Waals surface area contributed by atoms with Crippen molar-refractivity contribution in [3.05, 3.63) is 11.7 Å². The van der Waals surface area contributed by atoms with Gasteiger partial charge in [-0.15, -0.1) is 0 Å². The second-order valence-electron chi connectivity index (χ2n) is 5.91. The van der Waals surface area contributed by atoms with Gasteiger partial charge in [0.15, 0.2) is 0 Å². The Morgan fingerprint density at radius 2 is 2.00 bits per heavy atom. The van der Waals surface area contributed by atoms with Crippen LogP contribution in [-0.4, -0.2) is 29.3 Å². The van der Waals surface area contributed by atoms with Crippen LogP contribution in [0.2, 0.25) is 0 Å². The molecule has 0 aromatic carbocycles. The molecule has 1 rings (SSSR count). The number of likely N-dealkylation sites (N-methyl/N-ethyl adjacent to an activating group) is 1. The van der Waals surface area contributed by atoms with E-state index in [1.807, 2.05) is 6.92 Å². The molecular weight excluding hydrogens is 242 g/mol. The van der Waals surface area contributed by atoms with Gasteiger partial charge in [-0.2, -0.15) is 4.98 Å². The van der Waals surface area contributed by atoms with Gasteiger partial charge in [0.05, 0.1) is 0 Å². The van der Waals surface area contributed by atoms with Gasteiger partial charge in [-0.1, -0.05) is 32.9 Å². The van der Waals surface area contributed by atoms with E-state index < -0.39 is 0 Å². The number of rotatable bonds is 7. The van der Waals surface area contributed by atoms with Crippen LogP contribution in [-0.2, 0) is 11.2 Å². The third-order valence-electron chi connectivity index (χ3n) is 2.87. The molecule has 2 atom stereocenters. The summed E-state index contributed by atoms with van der Waals surface area (Å²) in [7, 11) is 0. The van der Waals surface area contributed by atoms with E-state index in [0.29, 0.717) is 24.4 Å². The Bertz CT molecular complexity index is 371. The van der Waals surface area contributed by atoms with Crippen LogP contribution < -0.4 is 5.32 Å². The molecule has 0 amide bonds. The Morgan fingerprint density at radius 3 is 2.53 bits per heavy atom. The van der Waals surface area contributed by atoms with Crippen LogP contribution in [0.15, 0.2) is 4.52 Å². The summed E-state index contributed by atoms with van der Waals surface area (Å²) >= 11 is 0. The molecule has 2 unspecified atom stereocenters. The van der Waals surface area contributed by atoms with E-state index in [2.05, 4.69) is 50.1 Å². The average Bonchev–Trinajstić information content (AvgIpc) is 2.72. The Labute approximate surface area is 116 Å². The molecule has 1 aromatic heterocycles. The van der Waals surface area contributed by atoms with Crippen molar-refractivity contribution in [2.24, 2.45) is 5.41 Å². The van der Waals surface area contributed by atoms with Gasteiger partial charge in [-0.05, 0) is 25.8 Å². The molecule has 5 heteroatoms. The van der Waals surface area contributed by atoms with E-state index in [9.17, 15) is 0 Å². The van der Waals surface area contributed by atoms with Crippen molar-refractivity contribution in [1.82, 2.24) is 15.5 Å². The van der Waals surface area contributed by atoms with Crippen LogP contribution in [0, 0.1) is 5.41 Å². The summed E-state index contributed by atoms with van der Waals surface area (Å²) in [6.07, 6.45) is 0.605. The lowest BCUT2D eigenvalue weighted by Crippen LogP contribution is -2.27. The van der Waals surface area contributed by atoms with Crippen LogP contribution in [0.3, 0.4) is 0 Å². The highest BCUT2D eigenvalue weighted by molar-refractivity contribution is 4.97. The molecule has 1 heterocycles. The van der Waals surface area contributed by atoms with Crippen molar-refractivity contribution >= 4 is 0 Å². The van der Waals surface area contributed by atoms with E-state index >= 15 is 0 Å². The Morgan fingerprint density at radius 1 is 1.32 bits per heavy atom. The Balaban J connectivity index is 2.76. The minimum Gasteiger partial charge on any atom is -0.370 e. The number of aromatic nitrogens is 2. The quantitative estimate of drug-likeness (QED) is 0.824. The lowest BCUT2D eigenvalue weighted by Gasteiger charge is -2.27. The van der Waals surface area contributed by atoms with Crippen LogP contribution in [0.4, 0.5) is 0 Å². The predicted molar refractivity (Wildman–Crippen MR) is 75.0 cm³/mol. The average molecular weight is 269 g/mol. The van der Waals surface area contributed by atoms with Crippen LogP contribution >= 0.6 is 0 Å². The SMILES string of the molecule is CCNC(C)Cc1nc(C(OCC)C(C)(C)C)no1. The number of hydrogen-bond donors (Lipinski definition) is 1. The lowest BCUT2D eigenvalue weighted by molar-refractivity contribution is -0.0203. The highest BCUT2D eigenvalue weighted by Crippen LogP contribution is 2.34. The predicted octanol–water partition coefficient (Wildman–Crippen LogP) is 2.73. The third-order valence-corrected chi connectivity index (χ3v) is 2.87. The molecule has 0 bridgehead atoms. The topological polar surface area (TPSA) is 60.2 Å². The Hall–Kier alpha value is -0.940. The molecule has 110 valence electrons. The summed E-state index contributed by atoms with van der Waals surface area (Å²) in [5, 5.41) is 7.40. The maximum absolute atomic E-state index is 5.76. The van der Waals surface area contributed by atoms with E-state index in [4.69, 9.17) is 9.26 Å². The fraction of sp³-hybridized carbons (Fsp3) is 0.857. The van der Waals surface area contributed by atoms with Crippen LogP contribution in [0.25, 0.3) is 0 Å². The standard InChI is InChI=1S/C14H27N3O2/c1-7-15-10(3)9-11-16-13(17-19-11)12(18-8-2)14(4,5)6/h10,12,15H,7-9H2,1-6H3. The lowest BCUT2D eigenvalue weighted by atomic mass is 9.88. The van der Waals surface area contributed by atoms with E-state index in [0.717, 1.165) is 13.0 Å². The highest BCUT2D eigenvalue weighted by atomic mass is 16.5. The first-order valence-corrected chi connectivity index (χ1v) is 7.05. The van der Waals surface area contributed by atoms with Crippen molar-refractivity contribution in [3.63, 3.8) is 0 Å². The van der Waals surface area contributed by atoms with Crippen molar-refractivity contribution < 1.29 is 9.26 Å². The minimum atomic E-state index is -0.135. The van der Waals surface area contributed by atoms with Crippen LogP contribution in [0.5, 0.6) is 0 Å². The summed E-state index contributed by atoms with van der Waals surface area (Å²) in [5.41, 5.74) is -0.0512. The molecule has 19 heavy (non-hydrogen) atoms. The van der Waals surface area contributed by atoms with Crippen molar-refractivity contribution in [1.29, 1.82) is 0 Å². The normalized spacial score (nSPS) is 15.5. The number of hydrogen-bond acceptors (Lipinski definition) is 5. The maximum atomic E-state index is 5.76. The fourth-order valence-electron chi connectivity index (χ4n) is 2.02. The summed E-state index contributed by atoms with van der Waals surface area (Å²) in [4.78, 5) is 4.48. The third kappa shape index (κ3) is 4.91. The zero-order chi connectivity index (χ0) is 14.5. The van der Waals surface area contributed by atoms with Crippen LogP contribution in [0.1, 0.15) is 59.4 Å². The van der Waals surface area contributed by atoms with Gasteiger partial charge in [0, 0.05) is 19.1 Å².